The molecule has 1 aromatic heterocycles. The van der Waals surface area contributed by atoms with Crippen LogP contribution in [-0.4, -0.2) is 35.1 Å². The molecule has 1 aliphatic heterocycles. The molecule has 4 rings (SSSR count). The summed E-state index contributed by atoms with van der Waals surface area (Å²) in [6.07, 6.45) is 5.11. The summed E-state index contributed by atoms with van der Waals surface area (Å²) in [5.74, 6) is 0. The average molecular weight is 327 g/mol. The zero-order valence-corrected chi connectivity index (χ0v) is 14.8. The Labute approximate surface area is 142 Å². The number of nitrogens with one attached hydrogen (secondary N) is 1. The number of likely N-dealkylation sites (tertiary alicyclic amines) is 1. The predicted octanol–water partition coefficient (Wildman–Crippen LogP) is 4.39. The summed E-state index contributed by atoms with van der Waals surface area (Å²) >= 11 is 1.83. The van der Waals surface area contributed by atoms with Crippen LogP contribution in [0.4, 0.5) is 5.13 Å². The summed E-state index contributed by atoms with van der Waals surface area (Å²) in [6.45, 7) is 6.83. The van der Waals surface area contributed by atoms with Gasteiger partial charge < -0.3 is 5.32 Å². The number of anilines is 1. The predicted molar refractivity (Wildman–Crippen MR) is 98.3 cm³/mol. The van der Waals surface area contributed by atoms with Crippen LogP contribution in [0.1, 0.15) is 43.6 Å². The van der Waals surface area contributed by atoms with Gasteiger partial charge in [-0.25, -0.2) is 4.98 Å². The summed E-state index contributed by atoms with van der Waals surface area (Å²) < 4.78 is 0. The molecule has 3 nitrogen and oxygen atoms in total. The zero-order chi connectivity index (χ0) is 15.8. The Kier molecular flexibility index (Phi) is 4.12. The third kappa shape index (κ3) is 2.90. The van der Waals surface area contributed by atoms with Crippen LogP contribution >= 0.6 is 11.3 Å². The Morgan fingerprint density at radius 1 is 1.22 bits per heavy atom. The Morgan fingerprint density at radius 2 is 2.00 bits per heavy atom. The summed E-state index contributed by atoms with van der Waals surface area (Å²) in [5, 5.41) is 4.64. The van der Waals surface area contributed by atoms with E-state index in [2.05, 4.69) is 48.3 Å². The fourth-order valence-corrected chi connectivity index (χ4v) is 5.07. The largest absolute Gasteiger partial charge is 0.360 e. The maximum Gasteiger partial charge on any atom is 0.183 e. The van der Waals surface area contributed by atoms with Crippen molar-refractivity contribution >= 4 is 16.5 Å². The van der Waals surface area contributed by atoms with Gasteiger partial charge in [-0.2, -0.15) is 0 Å². The maximum absolute atomic E-state index is 4.84. The highest BCUT2D eigenvalue weighted by atomic mass is 32.1. The first-order valence-electron chi connectivity index (χ1n) is 8.80. The van der Waals surface area contributed by atoms with Gasteiger partial charge >= 0.3 is 0 Å². The lowest BCUT2D eigenvalue weighted by atomic mass is 9.98. The van der Waals surface area contributed by atoms with Crippen LogP contribution in [-0.2, 0) is 6.42 Å². The van der Waals surface area contributed by atoms with Crippen LogP contribution in [0.5, 0.6) is 0 Å². The lowest BCUT2D eigenvalue weighted by molar-refractivity contribution is 0.109. The fraction of sp³-hybridized carbons (Fsp3) is 0.526. The number of benzene rings is 1. The molecule has 2 atom stereocenters. The topological polar surface area (TPSA) is 28.2 Å². The number of hydrogen-bond donors (Lipinski definition) is 1. The van der Waals surface area contributed by atoms with Crippen LogP contribution in [0, 0.1) is 0 Å². The van der Waals surface area contributed by atoms with Crippen LogP contribution in [0.15, 0.2) is 24.3 Å². The smallest absolute Gasteiger partial charge is 0.183 e. The van der Waals surface area contributed by atoms with E-state index in [9.17, 15) is 0 Å². The van der Waals surface area contributed by atoms with E-state index >= 15 is 0 Å². The van der Waals surface area contributed by atoms with E-state index in [1.165, 1.54) is 41.0 Å². The summed E-state index contributed by atoms with van der Waals surface area (Å²) in [7, 11) is 0. The van der Waals surface area contributed by atoms with Gasteiger partial charge in [0.2, 0.25) is 0 Å². The molecule has 1 aliphatic carbocycles. The van der Waals surface area contributed by atoms with E-state index in [0.717, 1.165) is 24.6 Å². The molecule has 2 aromatic rings. The minimum Gasteiger partial charge on any atom is -0.360 e. The Hall–Kier alpha value is -1.39. The van der Waals surface area contributed by atoms with Crippen molar-refractivity contribution in [2.24, 2.45) is 0 Å². The molecule has 2 aliphatic rings. The Balaban J connectivity index is 1.38. The van der Waals surface area contributed by atoms with Crippen molar-refractivity contribution in [3.63, 3.8) is 0 Å². The van der Waals surface area contributed by atoms with Gasteiger partial charge in [0, 0.05) is 42.0 Å². The molecule has 23 heavy (non-hydrogen) atoms. The standard InChI is InChI=1S/C19H25N3S/c1-13-6-5-7-14(2)22(13)11-10-20-19-21-18-16-9-4-3-8-15(16)12-17(18)23-19/h3-4,8-9,13-14H,5-7,10-12H2,1-2H3,(H,20,21). The maximum atomic E-state index is 4.84. The first kappa shape index (κ1) is 15.2. The Morgan fingerprint density at radius 3 is 2.83 bits per heavy atom. The van der Waals surface area contributed by atoms with Crippen LogP contribution in [0.25, 0.3) is 11.3 Å². The van der Waals surface area contributed by atoms with Crippen molar-refractivity contribution in [2.45, 2.75) is 51.6 Å². The molecule has 1 fully saturated rings. The van der Waals surface area contributed by atoms with E-state index in [1.54, 1.807) is 0 Å². The number of piperidine rings is 1. The molecular formula is C19H25N3S. The normalized spacial score (nSPS) is 23.6. The molecule has 0 spiro atoms. The van der Waals surface area contributed by atoms with Gasteiger partial charge in [0.05, 0.1) is 5.69 Å². The Bertz CT molecular complexity index is 684. The molecule has 4 heteroatoms. The van der Waals surface area contributed by atoms with Gasteiger partial charge in [0.15, 0.2) is 5.13 Å². The van der Waals surface area contributed by atoms with Crippen molar-refractivity contribution < 1.29 is 0 Å². The first-order chi connectivity index (χ1) is 11.2. The van der Waals surface area contributed by atoms with E-state index in [0.29, 0.717) is 12.1 Å². The SMILES string of the molecule is CC1CCCC(C)N1CCNc1nc2c(s1)Cc1ccccc1-2. The molecule has 1 aromatic carbocycles. The fourth-order valence-electron chi connectivity index (χ4n) is 4.04. The van der Waals surface area contributed by atoms with Gasteiger partial charge in [-0.1, -0.05) is 30.7 Å². The molecule has 122 valence electrons. The number of thiazole rings is 1. The summed E-state index contributed by atoms with van der Waals surface area (Å²) in [4.78, 5) is 8.90. The van der Waals surface area contributed by atoms with Crippen molar-refractivity contribution in [3.8, 4) is 11.3 Å². The van der Waals surface area contributed by atoms with Gasteiger partial charge in [-0.15, -0.1) is 11.3 Å². The minimum atomic E-state index is 0.716. The number of hydrogen-bond acceptors (Lipinski definition) is 4. The molecule has 2 heterocycles. The molecule has 2 unspecified atom stereocenters. The summed E-state index contributed by atoms with van der Waals surface area (Å²) in [6, 6.07) is 10.1. The highest BCUT2D eigenvalue weighted by Crippen LogP contribution is 2.40. The van der Waals surface area contributed by atoms with Crippen molar-refractivity contribution in [1.29, 1.82) is 0 Å². The minimum absolute atomic E-state index is 0.716. The molecule has 0 saturated carbocycles. The number of aromatic nitrogens is 1. The average Bonchev–Trinajstić information content (AvgIpc) is 3.07. The molecule has 0 bridgehead atoms. The van der Waals surface area contributed by atoms with Crippen molar-refractivity contribution in [3.05, 3.63) is 34.7 Å². The van der Waals surface area contributed by atoms with Gasteiger partial charge in [-0.05, 0) is 32.3 Å². The molecule has 1 N–H and O–H groups in total. The monoisotopic (exact) mass is 327 g/mol. The molecule has 0 amide bonds. The second-order valence-electron chi connectivity index (χ2n) is 6.92. The highest BCUT2D eigenvalue weighted by molar-refractivity contribution is 7.16. The van der Waals surface area contributed by atoms with Crippen molar-refractivity contribution in [2.75, 3.05) is 18.4 Å². The van der Waals surface area contributed by atoms with Crippen LogP contribution in [0.3, 0.4) is 0 Å². The van der Waals surface area contributed by atoms with Gasteiger partial charge in [0.1, 0.15) is 0 Å². The lowest BCUT2D eigenvalue weighted by Crippen LogP contribution is -2.45. The zero-order valence-electron chi connectivity index (χ0n) is 14.0. The quantitative estimate of drug-likeness (QED) is 0.770. The highest BCUT2D eigenvalue weighted by Gasteiger charge is 2.25. The van der Waals surface area contributed by atoms with E-state index in [-0.39, 0.29) is 0 Å². The molecular weight excluding hydrogens is 302 g/mol. The van der Waals surface area contributed by atoms with Crippen LogP contribution < -0.4 is 5.32 Å². The second-order valence-corrected chi connectivity index (χ2v) is 8.00. The van der Waals surface area contributed by atoms with E-state index < -0.39 is 0 Å². The van der Waals surface area contributed by atoms with Crippen molar-refractivity contribution in [1.82, 2.24) is 9.88 Å². The van der Waals surface area contributed by atoms with Crippen LogP contribution in [0.2, 0.25) is 0 Å². The number of rotatable bonds is 4. The third-order valence-corrected chi connectivity index (χ3v) is 6.36. The number of fused-ring (bicyclic) bond motifs is 3. The second kappa shape index (κ2) is 6.25. The first-order valence-corrected chi connectivity index (χ1v) is 9.61. The molecule has 1 saturated heterocycles. The van der Waals surface area contributed by atoms with Gasteiger partial charge in [0.25, 0.3) is 0 Å². The molecule has 0 radical (unpaired) electrons. The third-order valence-electron chi connectivity index (χ3n) is 5.34. The summed E-state index contributed by atoms with van der Waals surface area (Å²) in [5.41, 5.74) is 3.95. The lowest BCUT2D eigenvalue weighted by Gasteiger charge is -2.39. The number of nitrogens with zero attached hydrogens (tertiary/aromatic N) is 2. The van der Waals surface area contributed by atoms with E-state index in [1.807, 2.05) is 11.3 Å². The van der Waals surface area contributed by atoms with E-state index in [4.69, 9.17) is 4.98 Å². The van der Waals surface area contributed by atoms with Gasteiger partial charge in [-0.3, -0.25) is 4.90 Å².